The Kier molecular flexibility index (Phi) is 9.66. The Bertz CT molecular complexity index is 3900. The Morgan fingerprint density at radius 2 is 0.685 bits per heavy atom. The van der Waals surface area contributed by atoms with Crippen LogP contribution in [0.1, 0.15) is 75.0 Å². The summed E-state index contributed by atoms with van der Waals surface area (Å²) in [7, 11) is 0. The molecule has 0 saturated carbocycles. The van der Waals surface area contributed by atoms with Gasteiger partial charge >= 0.3 is 0 Å². The zero-order chi connectivity index (χ0) is 48.9. The molecule has 0 fully saturated rings. The molecule has 0 amide bonds. The third-order valence-electron chi connectivity index (χ3n) is 16.7. The van der Waals surface area contributed by atoms with E-state index in [0.29, 0.717) is 0 Å². The first-order chi connectivity index (χ1) is 35.9. The zero-order valence-electron chi connectivity index (χ0n) is 41.4. The van der Waals surface area contributed by atoms with Gasteiger partial charge in [0.15, 0.2) is 0 Å². The monoisotopic (exact) mass is 931 g/mol. The molecule has 73 heavy (non-hydrogen) atoms. The van der Waals surface area contributed by atoms with Gasteiger partial charge in [-0.25, -0.2) is 0 Å². The molecule has 14 rings (SSSR count). The van der Waals surface area contributed by atoms with Crippen LogP contribution in [0.3, 0.4) is 0 Å². The molecule has 11 aromatic carbocycles. The lowest BCUT2D eigenvalue weighted by Gasteiger charge is -2.36. The number of anilines is 3. The van der Waals surface area contributed by atoms with E-state index in [4.69, 9.17) is 0 Å². The first-order valence-corrected chi connectivity index (χ1v) is 25.7. The summed E-state index contributed by atoms with van der Waals surface area (Å²) in [6.07, 6.45) is 0. The number of nitrogens with zero attached hydrogens (tertiary/aromatic N) is 1. The second kappa shape index (κ2) is 16.4. The predicted octanol–water partition coefficient (Wildman–Crippen LogP) is 18.2. The largest absolute Gasteiger partial charge is 0.310 e. The van der Waals surface area contributed by atoms with Crippen molar-refractivity contribution in [1.82, 2.24) is 0 Å². The minimum absolute atomic E-state index is 0.232. The highest BCUT2D eigenvalue weighted by atomic mass is 15.1. The highest BCUT2D eigenvalue weighted by Crippen LogP contribution is 2.61. The molecule has 0 spiro atoms. The van der Waals surface area contributed by atoms with E-state index < -0.39 is 10.8 Å². The Morgan fingerprint density at radius 3 is 1.19 bits per heavy atom. The molecule has 0 radical (unpaired) electrons. The molecule has 3 aliphatic carbocycles. The minimum atomic E-state index is -0.583. The fourth-order valence-electron chi connectivity index (χ4n) is 13.5. The van der Waals surface area contributed by atoms with Crippen LogP contribution < -0.4 is 4.90 Å². The highest BCUT2D eigenvalue weighted by Gasteiger charge is 2.48. The predicted molar refractivity (Wildman–Crippen MR) is 303 cm³/mol. The number of aryl methyl sites for hydroxylation is 1. The van der Waals surface area contributed by atoms with E-state index in [1.165, 1.54) is 106 Å². The summed E-state index contributed by atoms with van der Waals surface area (Å²) in [6, 6.07) is 101. The van der Waals surface area contributed by atoms with Crippen molar-refractivity contribution >= 4 is 17.1 Å². The van der Waals surface area contributed by atoms with E-state index in [9.17, 15) is 0 Å². The van der Waals surface area contributed by atoms with Gasteiger partial charge in [0.1, 0.15) is 0 Å². The molecule has 0 N–H and O–H groups in total. The summed E-state index contributed by atoms with van der Waals surface area (Å²) < 4.78 is 0. The molecule has 1 atom stereocenters. The van der Waals surface area contributed by atoms with Crippen LogP contribution in [0.15, 0.2) is 267 Å². The standard InChI is InChI=1S/C72H53N/c1-48-23-22-32-53(43-48)72(52-30-14-7-15-31-52)65-38-21-18-34-57(65)60-42-40-55(45-68(60)72)73(69-47-66-62(46-61(69)49-24-8-4-9-25-49)58-35-16-19-36-63(58)70(66,2)3)54-39-41-59-56-33-17-20-37-64(56)71(67(59)44-54,50-26-10-5-11-27-50)51-28-12-6-13-29-51/h4-47H,1-3H3. The van der Waals surface area contributed by atoms with Gasteiger partial charge in [-0.05, 0) is 138 Å². The molecule has 1 heteroatoms. The van der Waals surface area contributed by atoms with Crippen LogP contribution in [0.4, 0.5) is 17.1 Å². The summed E-state index contributed by atoms with van der Waals surface area (Å²) in [6.45, 7) is 7.02. The second-order valence-electron chi connectivity index (χ2n) is 20.8. The van der Waals surface area contributed by atoms with E-state index in [-0.39, 0.29) is 5.41 Å². The van der Waals surface area contributed by atoms with Crippen LogP contribution in [0.25, 0.3) is 44.5 Å². The van der Waals surface area contributed by atoms with Crippen molar-refractivity contribution in [2.45, 2.75) is 37.0 Å². The molecular formula is C72H53N. The number of benzene rings is 11. The van der Waals surface area contributed by atoms with Gasteiger partial charge in [-0.15, -0.1) is 0 Å². The van der Waals surface area contributed by atoms with Crippen LogP contribution in [0.2, 0.25) is 0 Å². The van der Waals surface area contributed by atoms with Gasteiger partial charge in [0.2, 0.25) is 0 Å². The summed E-state index contributed by atoms with van der Waals surface area (Å²) in [5.41, 5.74) is 26.1. The molecule has 346 valence electrons. The van der Waals surface area contributed by atoms with E-state index in [1.807, 2.05) is 0 Å². The van der Waals surface area contributed by atoms with Gasteiger partial charge in [-0.1, -0.05) is 250 Å². The first kappa shape index (κ1) is 43.0. The third-order valence-corrected chi connectivity index (χ3v) is 16.7. The van der Waals surface area contributed by atoms with Crippen LogP contribution >= 0.6 is 0 Å². The first-order valence-electron chi connectivity index (χ1n) is 25.7. The molecule has 0 bridgehead atoms. The molecule has 0 heterocycles. The van der Waals surface area contributed by atoms with E-state index >= 15 is 0 Å². The molecular weight excluding hydrogens is 879 g/mol. The Morgan fingerprint density at radius 1 is 0.274 bits per heavy atom. The summed E-state index contributed by atoms with van der Waals surface area (Å²) in [5.74, 6) is 0. The minimum Gasteiger partial charge on any atom is -0.310 e. The second-order valence-corrected chi connectivity index (χ2v) is 20.8. The van der Waals surface area contributed by atoms with Crippen molar-refractivity contribution in [1.29, 1.82) is 0 Å². The number of hydrogen-bond donors (Lipinski definition) is 0. The quantitative estimate of drug-likeness (QED) is 0.147. The molecule has 0 aliphatic heterocycles. The average Bonchev–Trinajstić information content (AvgIpc) is 4.00. The number of hydrogen-bond acceptors (Lipinski definition) is 1. The summed E-state index contributed by atoms with van der Waals surface area (Å²) in [4.78, 5) is 2.60. The van der Waals surface area contributed by atoms with Crippen molar-refractivity contribution in [2.75, 3.05) is 4.90 Å². The van der Waals surface area contributed by atoms with Crippen LogP contribution in [-0.4, -0.2) is 0 Å². The van der Waals surface area contributed by atoms with Gasteiger partial charge in [0, 0.05) is 22.4 Å². The summed E-state index contributed by atoms with van der Waals surface area (Å²) in [5, 5.41) is 0. The average molecular weight is 932 g/mol. The topological polar surface area (TPSA) is 3.24 Å². The SMILES string of the molecule is Cc1cccc(C2(c3ccccc3)c3ccccc3-c3ccc(N(c4ccc5c(c4)C(c4ccccc4)(c4ccccc4)c4ccccc4-5)c4cc5c(cc4-c4ccccc4)-c4ccccc4C5(C)C)cc32)c1. The fourth-order valence-corrected chi connectivity index (χ4v) is 13.5. The van der Waals surface area contributed by atoms with Crippen LogP contribution in [0.5, 0.6) is 0 Å². The molecule has 0 aromatic heterocycles. The number of fused-ring (bicyclic) bond motifs is 9. The van der Waals surface area contributed by atoms with Gasteiger partial charge in [-0.2, -0.15) is 0 Å². The van der Waals surface area contributed by atoms with Crippen molar-refractivity contribution in [2.24, 2.45) is 0 Å². The maximum Gasteiger partial charge on any atom is 0.0714 e. The smallest absolute Gasteiger partial charge is 0.0714 e. The molecule has 11 aromatic rings. The van der Waals surface area contributed by atoms with Crippen molar-refractivity contribution in [3.63, 3.8) is 0 Å². The zero-order valence-corrected chi connectivity index (χ0v) is 41.4. The maximum atomic E-state index is 2.60. The lowest BCUT2D eigenvalue weighted by molar-refractivity contribution is 0.660. The van der Waals surface area contributed by atoms with Gasteiger partial charge in [0.25, 0.3) is 0 Å². The van der Waals surface area contributed by atoms with Crippen molar-refractivity contribution in [3.8, 4) is 44.5 Å². The van der Waals surface area contributed by atoms with Gasteiger partial charge < -0.3 is 4.90 Å². The molecule has 3 aliphatic rings. The normalized spacial score (nSPS) is 15.9. The van der Waals surface area contributed by atoms with Crippen LogP contribution in [0, 0.1) is 6.92 Å². The maximum absolute atomic E-state index is 2.60. The Labute approximate surface area is 429 Å². The number of rotatable bonds is 8. The van der Waals surface area contributed by atoms with E-state index in [1.54, 1.807) is 0 Å². The summed E-state index contributed by atoms with van der Waals surface area (Å²) >= 11 is 0. The van der Waals surface area contributed by atoms with E-state index in [0.717, 1.165) is 17.1 Å². The molecule has 0 saturated heterocycles. The van der Waals surface area contributed by atoms with E-state index in [2.05, 4.69) is 293 Å². The van der Waals surface area contributed by atoms with Crippen LogP contribution in [-0.2, 0) is 16.2 Å². The molecule has 1 nitrogen and oxygen atoms in total. The third kappa shape index (κ3) is 6.15. The van der Waals surface area contributed by atoms with Crippen molar-refractivity contribution < 1.29 is 0 Å². The fraction of sp³-hybridized carbons (Fsp3) is 0.0833. The van der Waals surface area contributed by atoms with Crippen molar-refractivity contribution in [3.05, 3.63) is 328 Å². The Balaban J connectivity index is 1.11. The van der Waals surface area contributed by atoms with Gasteiger partial charge in [0.05, 0.1) is 16.5 Å². The van der Waals surface area contributed by atoms with Gasteiger partial charge in [-0.3, -0.25) is 0 Å². The highest BCUT2D eigenvalue weighted by molar-refractivity contribution is 5.98. The lowest BCUT2D eigenvalue weighted by atomic mass is 9.67. The Hall–Kier alpha value is -8.78. The lowest BCUT2D eigenvalue weighted by Crippen LogP contribution is -2.29. The molecule has 1 unspecified atom stereocenters.